The molecule has 0 bridgehead atoms. The zero-order valence-electron chi connectivity index (χ0n) is 19.0. The van der Waals surface area contributed by atoms with Crippen molar-refractivity contribution < 1.29 is 19.1 Å². The van der Waals surface area contributed by atoms with Gasteiger partial charge in [-0.05, 0) is 59.3 Å². The molecule has 4 aromatic rings. The first-order chi connectivity index (χ1) is 17.8. The number of hydrogen-bond acceptors (Lipinski definition) is 5. The second kappa shape index (κ2) is 11.9. The number of hydrogen-bond donors (Lipinski definition) is 2. The molecule has 0 spiro atoms. The average molecular weight is 555 g/mol. The summed E-state index contributed by atoms with van der Waals surface area (Å²) < 4.78 is 5.62. The fourth-order valence-corrected chi connectivity index (χ4v) is 3.77. The smallest absolute Gasteiger partial charge is 0.343 e. The third-order valence-corrected chi connectivity index (χ3v) is 6.18. The van der Waals surface area contributed by atoms with Gasteiger partial charge >= 0.3 is 5.97 Å². The zero-order valence-corrected chi connectivity index (χ0v) is 21.3. The Morgan fingerprint density at radius 3 is 2.32 bits per heavy atom. The number of hydrazone groups is 1. The van der Waals surface area contributed by atoms with Gasteiger partial charge in [-0.2, -0.15) is 5.10 Å². The Morgan fingerprint density at radius 1 is 0.838 bits per heavy atom. The summed E-state index contributed by atoms with van der Waals surface area (Å²) in [6.07, 6.45) is 1.38. The van der Waals surface area contributed by atoms with E-state index in [2.05, 4.69) is 15.8 Å². The number of ether oxygens (including phenoxy) is 1. The number of halogens is 3. The van der Waals surface area contributed by atoms with Crippen LogP contribution in [0.25, 0.3) is 10.8 Å². The van der Waals surface area contributed by atoms with Gasteiger partial charge in [-0.1, -0.05) is 65.1 Å². The summed E-state index contributed by atoms with van der Waals surface area (Å²) in [4.78, 5) is 37.2. The summed E-state index contributed by atoms with van der Waals surface area (Å²) in [6.45, 7) is -0.329. The van der Waals surface area contributed by atoms with Gasteiger partial charge in [-0.25, -0.2) is 10.2 Å². The summed E-state index contributed by atoms with van der Waals surface area (Å²) in [5.41, 5.74) is 3.43. The van der Waals surface area contributed by atoms with Crippen LogP contribution in [0.1, 0.15) is 26.3 Å². The first-order valence-electron chi connectivity index (χ1n) is 10.9. The molecule has 2 amide bonds. The van der Waals surface area contributed by atoms with E-state index >= 15 is 0 Å². The van der Waals surface area contributed by atoms with Gasteiger partial charge in [0.1, 0.15) is 5.75 Å². The van der Waals surface area contributed by atoms with Crippen LogP contribution < -0.4 is 15.5 Å². The van der Waals surface area contributed by atoms with Crippen LogP contribution in [-0.4, -0.2) is 30.5 Å². The first kappa shape index (κ1) is 26.2. The molecule has 2 N–H and O–H groups in total. The van der Waals surface area contributed by atoms with E-state index in [1.807, 2.05) is 30.3 Å². The van der Waals surface area contributed by atoms with Crippen LogP contribution in [0.2, 0.25) is 15.1 Å². The topological polar surface area (TPSA) is 96.9 Å². The monoisotopic (exact) mass is 553 g/mol. The van der Waals surface area contributed by atoms with E-state index < -0.39 is 17.8 Å². The molecular formula is C27H18Cl3N3O4. The number of nitrogens with zero attached hydrogens (tertiary/aromatic N) is 1. The maximum atomic E-state index is 12.7. The Kier molecular flexibility index (Phi) is 8.40. The minimum absolute atomic E-state index is 0.228. The molecule has 0 saturated heterocycles. The number of carbonyl (C=O) groups is 3. The van der Waals surface area contributed by atoms with Crippen molar-refractivity contribution in [3.63, 3.8) is 0 Å². The molecule has 0 heterocycles. The van der Waals surface area contributed by atoms with Gasteiger partial charge < -0.3 is 10.1 Å². The van der Waals surface area contributed by atoms with Crippen molar-refractivity contribution in [3.8, 4) is 5.75 Å². The van der Waals surface area contributed by atoms with E-state index in [0.717, 1.165) is 10.8 Å². The second-order valence-electron chi connectivity index (χ2n) is 7.70. The number of fused-ring (bicyclic) bond motifs is 1. The maximum absolute atomic E-state index is 12.7. The largest absolute Gasteiger partial charge is 0.422 e. The summed E-state index contributed by atoms with van der Waals surface area (Å²) in [7, 11) is 0. The van der Waals surface area contributed by atoms with Crippen molar-refractivity contribution in [1.29, 1.82) is 0 Å². The molecular weight excluding hydrogens is 537 g/mol. The van der Waals surface area contributed by atoms with E-state index in [1.54, 1.807) is 30.3 Å². The minimum atomic E-state index is -0.573. The first-order valence-corrected chi connectivity index (χ1v) is 12.0. The normalized spacial score (nSPS) is 10.9. The summed E-state index contributed by atoms with van der Waals surface area (Å²) in [5, 5.41) is 9.16. The van der Waals surface area contributed by atoms with Crippen LogP contribution >= 0.6 is 34.8 Å². The van der Waals surface area contributed by atoms with E-state index in [1.165, 1.54) is 24.4 Å². The van der Waals surface area contributed by atoms with Gasteiger partial charge in [-0.15, -0.1) is 0 Å². The van der Waals surface area contributed by atoms with E-state index in [4.69, 9.17) is 39.5 Å². The lowest BCUT2D eigenvalue weighted by Crippen LogP contribution is -2.34. The molecule has 7 nitrogen and oxygen atoms in total. The molecule has 0 aliphatic rings. The van der Waals surface area contributed by atoms with Gasteiger partial charge in [0, 0.05) is 16.1 Å². The number of amides is 2. The lowest BCUT2D eigenvalue weighted by atomic mass is 10.0. The van der Waals surface area contributed by atoms with E-state index in [9.17, 15) is 14.4 Å². The molecule has 4 rings (SSSR count). The highest BCUT2D eigenvalue weighted by Crippen LogP contribution is 2.27. The number of esters is 1. The highest BCUT2D eigenvalue weighted by molar-refractivity contribution is 6.42. The summed E-state index contributed by atoms with van der Waals surface area (Å²) >= 11 is 17.7. The number of carbonyl (C=O) groups excluding carboxylic acids is 3. The Morgan fingerprint density at radius 2 is 1.57 bits per heavy atom. The highest BCUT2D eigenvalue weighted by Gasteiger charge is 2.14. The molecule has 0 aliphatic carbocycles. The SMILES string of the molecule is O=C(CNC(=O)c1ccc(Cl)c(Cl)c1)N/N=C\c1c(OC(=O)c2ccc(Cl)cc2)ccc2ccccc12. The molecule has 0 aromatic heterocycles. The fraction of sp³-hybridized carbons (Fsp3) is 0.0370. The Bertz CT molecular complexity index is 1520. The predicted octanol–water partition coefficient (Wildman–Crippen LogP) is 5.90. The number of rotatable bonds is 7. The summed E-state index contributed by atoms with van der Waals surface area (Å²) in [5.74, 6) is -1.38. The molecule has 186 valence electrons. The van der Waals surface area contributed by atoms with Crippen molar-refractivity contribution in [2.45, 2.75) is 0 Å². The molecule has 0 radical (unpaired) electrons. The predicted molar refractivity (Wildman–Crippen MR) is 145 cm³/mol. The van der Waals surface area contributed by atoms with Gasteiger partial charge in [0.25, 0.3) is 11.8 Å². The lowest BCUT2D eigenvalue weighted by molar-refractivity contribution is -0.120. The third-order valence-electron chi connectivity index (χ3n) is 5.19. The highest BCUT2D eigenvalue weighted by atomic mass is 35.5. The maximum Gasteiger partial charge on any atom is 0.343 e. The van der Waals surface area contributed by atoms with Crippen molar-refractivity contribution in [1.82, 2.24) is 10.7 Å². The van der Waals surface area contributed by atoms with Gasteiger partial charge in [-0.3, -0.25) is 9.59 Å². The van der Waals surface area contributed by atoms with Gasteiger partial charge in [0.15, 0.2) is 0 Å². The van der Waals surface area contributed by atoms with Crippen molar-refractivity contribution in [2.24, 2.45) is 5.10 Å². The molecule has 4 aromatic carbocycles. The molecule has 37 heavy (non-hydrogen) atoms. The molecule has 0 atom stereocenters. The van der Waals surface area contributed by atoms with Gasteiger partial charge in [0.05, 0.1) is 28.4 Å². The Hall–Kier alpha value is -3.91. The van der Waals surface area contributed by atoms with Crippen molar-refractivity contribution in [3.05, 3.63) is 111 Å². The van der Waals surface area contributed by atoms with E-state index in [0.29, 0.717) is 21.2 Å². The minimum Gasteiger partial charge on any atom is -0.422 e. The molecule has 0 fully saturated rings. The molecule has 0 saturated carbocycles. The molecule has 0 unspecified atom stereocenters. The average Bonchev–Trinajstić information content (AvgIpc) is 2.90. The third kappa shape index (κ3) is 6.65. The standard InChI is InChI=1S/C27H18Cl3N3O4/c28-19-9-5-17(6-10-19)27(36)37-24-12-8-16-3-1-2-4-20(16)21(24)14-32-33-25(34)15-31-26(35)18-7-11-22(29)23(30)13-18/h1-14H,15H2,(H,31,35)(H,33,34)/b32-14-. The van der Waals surface area contributed by atoms with Crippen LogP contribution in [-0.2, 0) is 4.79 Å². The zero-order chi connectivity index (χ0) is 26.4. The van der Waals surface area contributed by atoms with Crippen LogP contribution in [0.3, 0.4) is 0 Å². The Balaban J connectivity index is 1.46. The van der Waals surface area contributed by atoms with Crippen LogP contribution in [0, 0.1) is 0 Å². The van der Waals surface area contributed by atoms with Gasteiger partial charge in [0.2, 0.25) is 0 Å². The summed E-state index contributed by atoms with van der Waals surface area (Å²) in [6, 6.07) is 21.6. The lowest BCUT2D eigenvalue weighted by Gasteiger charge is -2.11. The van der Waals surface area contributed by atoms with Crippen LogP contribution in [0.15, 0.2) is 84.0 Å². The van der Waals surface area contributed by atoms with Crippen LogP contribution in [0.5, 0.6) is 5.75 Å². The molecule has 0 aliphatic heterocycles. The van der Waals surface area contributed by atoms with E-state index in [-0.39, 0.29) is 22.9 Å². The fourth-order valence-electron chi connectivity index (χ4n) is 3.35. The van der Waals surface area contributed by atoms with Crippen molar-refractivity contribution in [2.75, 3.05) is 6.54 Å². The second-order valence-corrected chi connectivity index (χ2v) is 8.95. The molecule has 10 heteroatoms. The Labute approximate surface area is 227 Å². The number of nitrogens with one attached hydrogen (secondary N) is 2. The number of benzene rings is 4. The quantitative estimate of drug-likeness (QED) is 0.129. The van der Waals surface area contributed by atoms with Crippen molar-refractivity contribution >= 4 is 69.6 Å². The van der Waals surface area contributed by atoms with Crippen LogP contribution in [0.4, 0.5) is 0 Å².